The molecule has 0 amide bonds. The molecule has 5 nitrogen and oxygen atoms in total. The van der Waals surface area contributed by atoms with Gasteiger partial charge in [-0.15, -0.1) is 0 Å². The van der Waals surface area contributed by atoms with Gasteiger partial charge in [0.1, 0.15) is 4.90 Å². The summed E-state index contributed by atoms with van der Waals surface area (Å²) in [6, 6.07) is 1.70. The molecule has 1 aromatic carbocycles. The number of halogens is 2. The zero-order valence-electron chi connectivity index (χ0n) is 11.5. The van der Waals surface area contributed by atoms with Gasteiger partial charge in [0.15, 0.2) is 11.6 Å². The molecule has 21 heavy (non-hydrogen) atoms. The van der Waals surface area contributed by atoms with Crippen LogP contribution in [0.25, 0.3) is 0 Å². The van der Waals surface area contributed by atoms with E-state index in [0.717, 1.165) is 12.1 Å². The lowest BCUT2D eigenvalue weighted by Gasteiger charge is -2.34. The lowest BCUT2D eigenvalue weighted by molar-refractivity contribution is 0.0537. The van der Waals surface area contributed by atoms with Crippen LogP contribution in [0.4, 0.5) is 8.78 Å². The van der Waals surface area contributed by atoms with Crippen LogP contribution < -0.4 is 4.72 Å². The Morgan fingerprint density at radius 2 is 1.95 bits per heavy atom. The third-order valence-corrected chi connectivity index (χ3v) is 5.14. The van der Waals surface area contributed by atoms with Crippen LogP contribution in [-0.2, 0) is 21.4 Å². The maximum Gasteiger partial charge on any atom is 0.244 e. The van der Waals surface area contributed by atoms with E-state index >= 15 is 0 Å². The molecular formula is C13H17F2NO4S. The Morgan fingerprint density at radius 1 is 1.33 bits per heavy atom. The van der Waals surface area contributed by atoms with Crippen molar-refractivity contribution in [1.29, 1.82) is 0 Å². The van der Waals surface area contributed by atoms with Gasteiger partial charge in [-0.05, 0) is 37.5 Å². The van der Waals surface area contributed by atoms with E-state index in [0.29, 0.717) is 26.1 Å². The van der Waals surface area contributed by atoms with Crippen LogP contribution in [0.5, 0.6) is 0 Å². The van der Waals surface area contributed by atoms with Gasteiger partial charge in [0.25, 0.3) is 0 Å². The number of hydrogen-bond acceptors (Lipinski definition) is 4. The molecule has 2 N–H and O–H groups in total. The number of aliphatic hydroxyl groups is 1. The number of ether oxygens (including phenoxy) is 1. The first-order valence-electron chi connectivity index (χ1n) is 6.48. The van der Waals surface area contributed by atoms with Crippen molar-refractivity contribution in [3.63, 3.8) is 0 Å². The van der Waals surface area contributed by atoms with Crippen LogP contribution in [-0.4, -0.2) is 32.3 Å². The fraction of sp³-hybridized carbons (Fsp3) is 0.538. The highest BCUT2D eigenvalue weighted by Gasteiger charge is 2.34. The van der Waals surface area contributed by atoms with Crippen molar-refractivity contribution < 1.29 is 27.0 Å². The van der Waals surface area contributed by atoms with Crippen molar-refractivity contribution in [2.75, 3.05) is 13.2 Å². The SMILES string of the molecule is CC1(NS(=O)(=O)c2cc(CO)cc(F)c2F)CCOCC1. The van der Waals surface area contributed by atoms with Crippen LogP contribution in [0.15, 0.2) is 17.0 Å². The molecule has 8 heteroatoms. The predicted molar refractivity (Wildman–Crippen MR) is 71.1 cm³/mol. The molecule has 0 saturated carbocycles. The van der Waals surface area contributed by atoms with Gasteiger partial charge >= 0.3 is 0 Å². The molecule has 0 unspecified atom stereocenters. The summed E-state index contributed by atoms with van der Waals surface area (Å²) in [5, 5.41) is 8.99. The summed E-state index contributed by atoms with van der Waals surface area (Å²) in [5.74, 6) is -2.76. The Morgan fingerprint density at radius 3 is 2.52 bits per heavy atom. The Labute approximate surface area is 122 Å². The predicted octanol–water partition coefficient (Wildman–Crippen LogP) is 1.30. The van der Waals surface area contributed by atoms with E-state index < -0.39 is 38.7 Å². The van der Waals surface area contributed by atoms with E-state index in [2.05, 4.69) is 4.72 Å². The lowest BCUT2D eigenvalue weighted by Crippen LogP contribution is -2.49. The molecule has 1 aromatic rings. The third-order valence-electron chi connectivity index (χ3n) is 3.50. The van der Waals surface area contributed by atoms with Crippen molar-refractivity contribution in [2.45, 2.75) is 36.8 Å². The number of hydrogen-bond donors (Lipinski definition) is 2. The minimum Gasteiger partial charge on any atom is -0.392 e. The summed E-state index contributed by atoms with van der Waals surface area (Å²) in [6.45, 7) is 1.90. The molecule has 1 aliphatic heterocycles. The van der Waals surface area contributed by atoms with Crippen LogP contribution in [0.3, 0.4) is 0 Å². The van der Waals surface area contributed by atoms with Crippen LogP contribution >= 0.6 is 0 Å². The Kier molecular flexibility index (Phi) is 4.62. The van der Waals surface area contributed by atoms with Gasteiger partial charge in [-0.2, -0.15) is 0 Å². The minimum atomic E-state index is -4.24. The summed E-state index contributed by atoms with van der Waals surface area (Å²) in [7, 11) is -4.24. The maximum atomic E-state index is 13.8. The molecule has 0 spiro atoms. The zero-order chi connectivity index (χ0) is 15.7. The zero-order valence-corrected chi connectivity index (χ0v) is 12.3. The lowest BCUT2D eigenvalue weighted by atomic mass is 9.94. The number of nitrogens with one attached hydrogen (secondary N) is 1. The largest absolute Gasteiger partial charge is 0.392 e. The van der Waals surface area contributed by atoms with E-state index in [9.17, 15) is 17.2 Å². The minimum absolute atomic E-state index is 0.00796. The number of aliphatic hydroxyl groups excluding tert-OH is 1. The smallest absolute Gasteiger partial charge is 0.244 e. The van der Waals surface area contributed by atoms with Crippen molar-refractivity contribution >= 4 is 10.0 Å². The standard InChI is InChI=1S/C13H17F2NO4S/c1-13(2-4-20-5-3-13)16-21(18,19)11-7-9(8-17)6-10(14)12(11)15/h6-7,16-17H,2-5,8H2,1H3. The highest BCUT2D eigenvalue weighted by Crippen LogP contribution is 2.25. The molecule has 1 saturated heterocycles. The number of rotatable bonds is 4. The number of sulfonamides is 1. The normalized spacial score (nSPS) is 18.7. The van der Waals surface area contributed by atoms with Gasteiger partial charge < -0.3 is 9.84 Å². The highest BCUT2D eigenvalue weighted by atomic mass is 32.2. The molecule has 2 rings (SSSR count). The van der Waals surface area contributed by atoms with E-state index in [1.165, 1.54) is 0 Å². The second kappa shape index (κ2) is 5.96. The molecule has 0 aliphatic carbocycles. The molecule has 1 aliphatic rings. The van der Waals surface area contributed by atoms with Crippen molar-refractivity contribution in [1.82, 2.24) is 4.72 Å². The molecule has 0 radical (unpaired) electrons. The average Bonchev–Trinajstić information content (AvgIpc) is 2.41. The Bertz CT molecular complexity index is 627. The van der Waals surface area contributed by atoms with Gasteiger partial charge in [-0.1, -0.05) is 0 Å². The maximum absolute atomic E-state index is 13.8. The quantitative estimate of drug-likeness (QED) is 0.876. The fourth-order valence-corrected chi connectivity index (χ4v) is 3.81. The summed E-state index contributed by atoms with van der Waals surface area (Å²) in [5.41, 5.74) is -0.777. The molecular weight excluding hydrogens is 304 g/mol. The van der Waals surface area contributed by atoms with Gasteiger partial charge in [0.05, 0.1) is 6.61 Å². The number of benzene rings is 1. The molecule has 0 bridgehead atoms. The second-order valence-corrected chi connectivity index (χ2v) is 6.98. The Hall–Kier alpha value is -1.09. The fourth-order valence-electron chi connectivity index (χ4n) is 2.21. The molecule has 118 valence electrons. The van der Waals surface area contributed by atoms with E-state index in [1.807, 2.05) is 0 Å². The topological polar surface area (TPSA) is 75.6 Å². The summed E-state index contributed by atoms with van der Waals surface area (Å²) < 4.78 is 59.4. The highest BCUT2D eigenvalue weighted by molar-refractivity contribution is 7.89. The first-order valence-corrected chi connectivity index (χ1v) is 7.96. The molecule has 1 heterocycles. The van der Waals surface area contributed by atoms with E-state index in [4.69, 9.17) is 9.84 Å². The van der Waals surface area contributed by atoms with E-state index in [-0.39, 0.29) is 5.56 Å². The van der Waals surface area contributed by atoms with Gasteiger partial charge in [-0.3, -0.25) is 0 Å². The summed E-state index contributed by atoms with van der Waals surface area (Å²) in [6.07, 6.45) is 0.881. The summed E-state index contributed by atoms with van der Waals surface area (Å²) >= 11 is 0. The first-order chi connectivity index (χ1) is 9.77. The van der Waals surface area contributed by atoms with Crippen molar-refractivity contribution in [3.8, 4) is 0 Å². The van der Waals surface area contributed by atoms with Crippen LogP contribution in [0.2, 0.25) is 0 Å². The third kappa shape index (κ3) is 3.57. The molecule has 0 aromatic heterocycles. The van der Waals surface area contributed by atoms with Crippen molar-refractivity contribution in [3.05, 3.63) is 29.3 Å². The van der Waals surface area contributed by atoms with Gasteiger partial charge in [0.2, 0.25) is 10.0 Å². The van der Waals surface area contributed by atoms with Gasteiger partial charge in [-0.25, -0.2) is 21.9 Å². The monoisotopic (exact) mass is 321 g/mol. The second-order valence-electron chi connectivity index (χ2n) is 5.33. The molecule has 0 atom stereocenters. The average molecular weight is 321 g/mol. The van der Waals surface area contributed by atoms with Gasteiger partial charge in [0, 0.05) is 18.8 Å². The van der Waals surface area contributed by atoms with Crippen LogP contribution in [0, 0.1) is 11.6 Å². The van der Waals surface area contributed by atoms with E-state index in [1.54, 1.807) is 6.92 Å². The molecule has 1 fully saturated rings. The van der Waals surface area contributed by atoms with Crippen LogP contribution in [0.1, 0.15) is 25.3 Å². The Balaban J connectivity index is 2.37. The van der Waals surface area contributed by atoms with Crippen molar-refractivity contribution in [2.24, 2.45) is 0 Å². The first kappa shape index (κ1) is 16.3. The summed E-state index contributed by atoms with van der Waals surface area (Å²) in [4.78, 5) is -0.792.